The zero-order valence-corrected chi connectivity index (χ0v) is 9.91. The van der Waals surface area contributed by atoms with Crippen molar-refractivity contribution >= 4 is 26.5 Å². The first-order chi connectivity index (χ1) is 7.74. The van der Waals surface area contributed by atoms with Gasteiger partial charge in [-0.15, -0.1) is 11.3 Å². The maximum absolute atomic E-state index is 12.2. The van der Waals surface area contributed by atoms with E-state index in [1.54, 1.807) is 10.8 Å². The quantitative estimate of drug-likeness (QED) is 0.740. The number of carbonyl (C=O) groups is 1. The molecule has 4 nitrogen and oxygen atoms in total. The number of aromatic nitrogens is 1. The maximum Gasteiger partial charge on any atom is 0.443 e. The van der Waals surface area contributed by atoms with Gasteiger partial charge in [0.05, 0.1) is 6.20 Å². The molecular weight excluding hydrogens is 275 g/mol. The largest absolute Gasteiger partial charge is 0.443 e. The molecule has 0 atom stereocenters. The summed E-state index contributed by atoms with van der Waals surface area (Å²) >= 11 is 0.138. The highest BCUT2D eigenvalue weighted by atomic mass is 32.3. The van der Waals surface area contributed by atoms with E-state index in [4.69, 9.17) is 10.5 Å². The molecule has 1 rings (SSSR count). The highest BCUT2D eigenvalue weighted by molar-refractivity contribution is 8.51. The zero-order valence-electron chi connectivity index (χ0n) is 8.28. The van der Waals surface area contributed by atoms with Crippen LogP contribution in [0.15, 0.2) is 6.20 Å². The Labute approximate surface area is 99.6 Å². The predicted octanol–water partition coefficient (Wildman–Crippen LogP) is 2.70. The van der Waals surface area contributed by atoms with Gasteiger partial charge in [-0.25, -0.2) is 4.98 Å². The summed E-state index contributed by atoms with van der Waals surface area (Å²) in [6, 6.07) is 0. The number of rotatable bonds is 1. The molecule has 0 bridgehead atoms. The molecule has 1 aromatic rings. The van der Waals surface area contributed by atoms with Gasteiger partial charge < -0.3 is 0 Å². The summed E-state index contributed by atoms with van der Waals surface area (Å²) in [6.07, 6.45) is -2.76. The fraction of sp³-hybridized carbons (Fsp3) is 0.250. The Hall–Kier alpha value is -1.58. The number of thiazole rings is 1. The fourth-order valence-electron chi connectivity index (χ4n) is 0.804. The minimum absolute atomic E-state index is 0.138. The van der Waals surface area contributed by atoms with Gasteiger partial charge in [0.2, 0.25) is 5.12 Å². The first-order valence-electron chi connectivity index (χ1n) is 3.92. The van der Waals surface area contributed by atoms with E-state index in [-0.39, 0.29) is 16.2 Å². The SMILES string of the molecule is CS(C#N)(C#N)C(=O)c1cnc(C(F)(F)F)s1. The van der Waals surface area contributed by atoms with Crippen molar-refractivity contribution in [2.45, 2.75) is 6.18 Å². The molecule has 0 fully saturated rings. The van der Waals surface area contributed by atoms with Gasteiger partial charge in [-0.05, 0) is 6.26 Å². The van der Waals surface area contributed by atoms with Gasteiger partial charge in [-0.3, -0.25) is 4.79 Å². The van der Waals surface area contributed by atoms with Crippen molar-refractivity contribution in [2.24, 2.45) is 0 Å². The van der Waals surface area contributed by atoms with Crippen LogP contribution in [0.25, 0.3) is 0 Å². The molecule has 0 radical (unpaired) electrons. The molecule has 1 aromatic heterocycles. The third-order valence-corrected chi connectivity index (χ3v) is 4.55. The van der Waals surface area contributed by atoms with Crippen LogP contribution in [0.4, 0.5) is 13.2 Å². The number of nitriles is 2. The third kappa shape index (κ3) is 2.57. The van der Waals surface area contributed by atoms with Crippen LogP contribution < -0.4 is 0 Å². The minimum Gasteiger partial charge on any atom is -0.280 e. The average Bonchev–Trinajstić information content (AvgIpc) is 2.75. The normalized spacial score (nSPS) is 12.6. The Morgan fingerprint density at radius 2 is 2.00 bits per heavy atom. The number of nitrogens with zero attached hydrogens (tertiary/aromatic N) is 3. The van der Waals surface area contributed by atoms with E-state index in [2.05, 4.69) is 4.98 Å². The Morgan fingerprint density at radius 3 is 2.35 bits per heavy atom. The van der Waals surface area contributed by atoms with Gasteiger partial charge in [0.1, 0.15) is 15.7 Å². The summed E-state index contributed by atoms with van der Waals surface area (Å²) in [7, 11) is -2.90. The second-order valence-electron chi connectivity index (χ2n) is 2.92. The number of hydrogen-bond donors (Lipinski definition) is 0. The van der Waals surface area contributed by atoms with Gasteiger partial charge in [0, 0.05) is 10.0 Å². The van der Waals surface area contributed by atoms with E-state index >= 15 is 0 Å². The van der Waals surface area contributed by atoms with E-state index in [1.807, 2.05) is 0 Å². The van der Waals surface area contributed by atoms with Crippen LogP contribution in [0.2, 0.25) is 0 Å². The lowest BCUT2D eigenvalue weighted by Gasteiger charge is -2.13. The number of halogens is 3. The van der Waals surface area contributed by atoms with Crippen molar-refractivity contribution in [3.63, 3.8) is 0 Å². The molecule has 1 heterocycles. The van der Waals surface area contributed by atoms with Crippen LogP contribution in [0.5, 0.6) is 0 Å². The Bertz CT molecular complexity index is 523. The molecule has 0 N–H and O–H groups in total. The molecule has 0 unspecified atom stereocenters. The maximum atomic E-state index is 12.2. The van der Waals surface area contributed by atoms with E-state index in [9.17, 15) is 18.0 Å². The fourth-order valence-corrected chi connectivity index (χ4v) is 2.71. The van der Waals surface area contributed by atoms with Crippen molar-refractivity contribution in [3.05, 3.63) is 16.1 Å². The van der Waals surface area contributed by atoms with Gasteiger partial charge >= 0.3 is 6.18 Å². The van der Waals surface area contributed by atoms with Gasteiger partial charge in [-0.2, -0.15) is 23.7 Å². The third-order valence-electron chi connectivity index (χ3n) is 1.69. The van der Waals surface area contributed by atoms with Crippen LogP contribution in [0.3, 0.4) is 0 Å². The van der Waals surface area contributed by atoms with Gasteiger partial charge in [-0.1, -0.05) is 0 Å². The first-order valence-corrected chi connectivity index (χ1v) is 6.78. The Morgan fingerprint density at radius 1 is 1.47 bits per heavy atom. The lowest BCUT2D eigenvalue weighted by molar-refractivity contribution is -0.137. The average molecular weight is 279 g/mol. The number of hydrogen-bond acceptors (Lipinski definition) is 5. The number of thiocyanates is 2. The van der Waals surface area contributed by atoms with Crippen molar-refractivity contribution in [1.82, 2.24) is 4.98 Å². The molecular formula is C8H4F3N3OS2. The van der Waals surface area contributed by atoms with E-state index in [0.717, 1.165) is 12.5 Å². The van der Waals surface area contributed by atoms with Crippen molar-refractivity contribution in [3.8, 4) is 10.8 Å². The molecule has 0 spiro atoms. The second-order valence-corrected chi connectivity index (χ2v) is 6.52. The first kappa shape index (κ1) is 13.5. The number of alkyl halides is 3. The van der Waals surface area contributed by atoms with Crippen LogP contribution in [-0.2, 0) is 6.18 Å². The molecule has 0 amide bonds. The van der Waals surface area contributed by atoms with Crippen molar-refractivity contribution in [2.75, 3.05) is 6.26 Å². The van der Waals surface area contributed by atoms with Gasteiger partial charge in [0.15, 0.2) is 5.01 Å². The second kappa shape index (κ2) is 4.35. The predicted molar refractivity (Wildman–Crippen MR) is 56.2 cm³/mol. The molecule has 0 aliphatic heterocycles. The lowest BCUT2D eigenvalue weighted by atomic mass is 10.6. The standard InChI is InChI=1S/C8H4F3N3OS2/c1-17(3-12,4-13)6(15)5-2-14-7(16-5)8(9,10)11/h2H,1H3. The molecule has 0 aliphatic carbocycles. The lowest BCUT2D eigenvalue weighted by Crippen LogP contribution is -2.06. The van der Waals surface area contributed by atoms with Crippen molar-refractivity contribution < 1.29 is 18.0 Å². The van der Waals surface area contributed by atoms with Gasteiger partial charge in [0.25, 0.3) is 0 Å². The summed E-state index contributed by atoms with van der Waals surface area (Å²) in [4.78, 5) is 14.4. The van der Waals surface area contributed by atoms with Crippen molar-refractivity contribution in [1.29, 1.82) is 10.5 Å². The zero-order chi connectivity index (χ0) is 13.3. The Kier molecular flexibility index (Phi) is 3.45. The summed E-state index contributed by atoms with van der Waals surface area (Å²) < 4.78 is 36.7. The van der Waals surface area contributed by atoms with E-state index in [1.165, 1.54) is 0 Å². The van der Waals surface area contributed by atoms with E-state index < -0.39 is 26.3 Å². The molecule has 0 saturated heterocycles. The molecule has 9 heteroatoms. The molecule has 0 saturated carbocycles. The molecule has 0 aromatic carbocycles. The summed E-state index contributed by atoms with van der Waals surface area (Å²) in [5, 5.41) is 18.4. The van der Waals surface area contributed by atoms with Crippen LogP contribution in [0, 0.1) is 21.3 Å². The summed E-state index contributed by atoms with van der Waals surface area (Å²) in [5.41, 5.74) is 0. The molecule has 90 valence electrons. The Balaban J connectivity index is 3.14. The van der Waals surface area contributed by atoms with Crippen LogP contribution in [-0.4, -0.2) is 16.4 Å². The monoisotopic (exact) mass is 279 g/mol. The molecule has 17 heavy (non-hydrogen) atoms. The number of carbonyl (C=O) groups excluding carboxylic acids is 1. The highest BCUT2D eigenvalue weighted by Crippen LogP contribution is 2.46. The smallest absolute Gasteiger partial charge is 0.280 e. The minimum atomic E-state index is -4.63. The van der Waals surface area contributed by atoms with Crippen LogP contribution >= 0.6 is 21.4 Å². The topological polar surface area (TPSA) is 77.5 Å². The van der Waals surface area contributed by atoms with E-state index in [0.29, 0.717) is 0 Å². The molecule has 0 aliphatic rings. The summed E-state index contributed by atoms with van der Waals surface area (Å²) in [6.45, 7) is 0. The van der Waals surface area contributed by atoms with Crippen LogP contribution in [0.1, 0.15) is 14.7 Å². The highest BCUT2D eigenvalue weighted by Gasteiger charge is 2.37. The summed E-state index contributed by atoms with van der Waals surface area (Å²) in [5.74, 6) is 0.